The van der Waals surface area contributed by atoms with E-state index in [2.05, 4.69) is 33.4 Å². The van der Waals surface area contributed by atoms with Crippen LogP contribution in [0.3, 0.4) is 0 Å². The van der Waals surface area contributed by atoms with E-state index in [0.29, 0.717) is 4.90 Å². The van der Waals surface area contributed by atoms with Crippen molar-refractivity contribution < 1.29 is 5.11 Å². The first-order chi connectivity index (χ1) is 5.82. The molecule has 0 aromatic heterocycles. The van der Waals surface area contributed by atoms with Crippen LogP contribution in [0.2, 0.25) is 0 Å². The van der Waals surface area contributed by atoms with Crippen molar-refractivity contribution in [2.75, 3.05) is 0 Å². The summed E-state index contributed by atoms with van der Waals surface area (Å²) < 4.78 is 0. The number of rotatable bonds is 0. The molecule has 0 heterocycles. The van der Waals surface area contributed by atoms with Crippen LogP contribution in [0.15, 0.2) is 17.0 Å². The Balaban J connectivity index is 3.29. The summed E-state index contributed by atoms with van der Waals surface area (Å²) in [5.74, 6) is 0.288. The zero-order chi connectivity index (χ0) is 10.2. The average Bonchev–Trinajstić information content (AvgIpc) is 1.97. The molecule has 13 heavy (non-hydrogen) atoms. The molecule has 0 aliphatic heterocycles. The number of aryl methyl sites for hydroxylation is 1. The molecule has 0 saturated heterocycles. The van der Waals surface area contributed by atoms with Crippen molar-refractivity contribution in [3.05, 3.63) is 23.3 Å². The molecule has 0 saturated carbocycles. The maximum Gasteiger partial charge on any atom is 0.131 e. The molecule has 2 heteroatoms. The van der Waals surface area contributed by atoms with E-state index in [-0.39, 0.29) is 11.2 Å². The number of benzene rings is 1. The summed E-state index contributed by atoms with van der Waals surface area (Å²) in [6, 6.07) is 3.93. The van der Waals surface area contributed by atoms with Crippen molar-refractivity contribution >= 4 is 12.6 Å². The zero-order valence-corrected chi connectivity index (χ0v) is 9.44. The van der Waals surface area contributed by atoms with Crippen LogP contribution in [0.5, 0.6) is 5.75 Å². The zero-order valence-electron chi connectivity index (χ0n) is 8.55. The minimum Gasteiger partial charge on any atom is -0.507 e. The molecule has 0 aliphatic carbocycles. The molecule has 1 aromatic rings. The van der Waals surface area contributed by atoms with E-state index in [0.717, 1.165) is 5.56 Å². The second kappa shape index (κ2) is 3.26. The van der Waals surface area contributed by atoms with Crippen molar-refractivity contribution in [3.63, 3.8) is 0 Å². The van der Waals surface area contributed by atoms with E-state index in [9.17, 15) is 5.11 Å². The predicted molar refractivity (Wildman–Crippen MR) is 58.8 cm³/mol. The van der Waals surface area contributed by atoms with E-state index < -0.39 is 0 Å². The van der Waals surface area contributed by atoms with Gasteiger partial charge in [-0.1, -0.05) is 26.8 Å². The Bertz CT molecular complexity index is 300. The summed E-state index contributed by atoms with van der Waals surface area (Å²) in [7, 11) is 0. The van der Waals surface area contributed by atoms with Gasteiger partial charge >= 0.3 is 0 Å². The Morgan fingerprint density at radius 1 is 1.23 bits per heavy atom. The monoisotopic (exact) mass is 196 g/mol. The van der Waals surface area contributed by atoms with Gasteiger partial charge < -0.3 is 5.11 Å². The van der Waals surface area contributed by atoms with Gasteiger partial charge in [-0.25, -0.2) is 0 Å². The number of hydrogen-bond donors (Lipinski definition) is 2. The van der Waals surface area contributed by atoms with Crippen molar-refractivity contribution in [2.24, 2.45) is 0 Å². The van der Waals surface area contributed by atoms with Crippen molar-refractivity contribution in [1.82, 2.24) is 0 Å². The van der Waals surface area contributed by atoms with Gasteiger partial charge in [-0.2, -0.15) is 0 Å². The Morgan fingerprint density at radius 2 is 1.77 bits per heavy atom. The van der Waals surface area contributed by atoms with Crippen LogP contribution in [-0.2, 0) is 5.41 Å². The van der Waals surface area contributed by atoms with Crippen LogP contribution >= 0.6 is 12.6 Å². The maximum atomic E-state index is 9.52. The topological polar surface area (TPSA) is 20.2 Å². The first-order valence-corrected chi connectivity index (χ1v) is 4.80. The van der Waals surface area contributed by atoms with Crippen molar-refractivity contribution in [2.45, 2.75) is 38.0 Å². The average molecular weight is 196 g/mol. The van der Waals surface area contributed by atoms with E-state index in [1.165, 1.54) is 5.56 Å². The highest BCUT2D eigenvalue weighted by atomic mass is 32.1. The Kier molecular flexibility index (Phi) is 2.62. The normalized spacial score (nSPS) is 11.8. The summed E-state index contributed by atoms with van der Waals surface area (Å²) in [5, 5.41) is 9.52. The first kappa shape index (κ1) is 10.5. The van der Waals surface area contributed by atoms with Gasteiger partial charge in [0.25, 0.3) is 0 Å². The van der Waals surface area contributed by atoms with Gasteiger partial charge in [-0.05, 0) is 29.5 Å². The SMILES string of the molecule is Cc1cc(C(C)(C)C)cc(S)c1O. The minimum absolute atomic E-state index is 0.107. The molecule has 1 rings (SSSR count). The van der Waals surface area contributed by atoms with E-state index in [1.807, 2.05) is 19.1 Å². The fourth-order valence-electron chi connectivity index (χ4n) is 1.19. The highest BCUT2D eigenvalue weighted by Gasteiger charge is 2.15. The fourth-order valence-corrected chi connectivity index (χ4v) is 1.51. The molecule has 0 atom stereocenters. The molecular weight excluding hydrogens is 180 g/mol. The summed E-state index contributed by atoms with van der Waals surface area (Å²) in [5.41, 5.74) is 2.20. The molecule has 0 amide bonds. The lowest BCUT2D eigenvalue weighted by molar-refractivity contribution is 0.456. The van der Waals surface area contributed by atoms with Crippen LogP contribution in [-0.4, -0.2) is 5.11 Å². The summed E-state index contributed by atoms with van der Waals surface area (Å²) in [4.78, 5) is 0.657. The minimum atomic E-state index is 0.107. The van der Waals surface area contributed by atoms with Crippen molar-refractivity contribution in [3.8, 4) is 5.75 Å². The lowest BCUT2D eigenvalue weighted by atomic mass is 9.86. The Labute approximate surface area is 85.2 Å². The lowest BCUT2D eigenvalue weighted by Crippen LogP contribution is -2.11. The summed E-state index contributed by atoms with van der Waals surface area (Å²) in [6.45, 7) is 8.33. The quantitative estimate of drug-likeness (QED) is 0.610. The third-order valence-electron chi connectivity index (χ3n) is 2.15. The Morgan fingerprint density at radius 3 is 2.15 bits per heavy atom. The summed E-state index contributed by atoms with van der Waals surface area (Å²) >= 11 is 4.22. The van der Waals surface area contributed by atoms with Crippen LogP contribution in [0.1, 0.15) is 31.9 Å². The molecule has 0 radical (unpaired) electrons. The standard InChI is InChI=1S/C11H16OS/c1-7-5-8(11(2,3)4)6-9(13)10(7)12/h5-6,12-13H,1-4H3. The second-order valence-electron chi connectivity index (χ2n) is 4.41. The molecule has 0 unspecified atom stereocenters. The molecule has 0 fully saturated rings. The van der Waals surface area contributed by atoms with E-state index >= 15 is 0 Å². The van der Waals surface area contributed by atoms with Gasteiger partial charge in [-0.3, -0.25) is 0 Å². The molecule has 1 N–H and O–H groups in total. The molecule has 0 aliphatic rings. The molecule has 72 valence electrons. The second-order valence-corrected chi connectivity index (χ2v) is 4.89. The van der Waals surface area contributed by atoms with E-state index in [1.54, 1.807) is 0 Å². The third kappa shape index (κ3) is 2.19. The van der Waals surface area contributed by atoms with E-state index in [4.69, 9.17) is 0 Å². The van der Waals surface area contributed by atoms with Crippen LogP contribution in [0.25, 0.3) is 0 Å². The lowest BCUT2D eigenvalue weighted by Gasteiger charge is -2.20. The fraction of sp³-hybridized carbons (Fsp3) is 0.455. The number of phenolic OH excluding ortho intramolecular Hbond substituents is 1. The van der Waals surface area contributed by atoms with Gasteiger partial charge in [0, 0.05) is 4.90 Å². The highest BCUT2D eigenvalue weighted by molar-refractivity contribution is 7.80. The largest absolute Gasteiger partial charge is 0.507 e. The number of thiol groups is 1. The highest BCUT2D eigenvalue weighted by Crippen LogP contribution is 2.32. The van der Waals surface area contributed by atoms with Crippen LogP contribution in [0, 0.1) is 6.92 Å². The van der Waals surface area contributed by atoms with Crippen LogP contribution < -0.4 is 0 Å². The van der Waals surface area contributed by atoms with Gasteiger partial charge in [0.15, 0.2) is 0 Å². The molecule has 0 bridgehead atoms. The number of hydrogen-bond acceptors (Lipinski definition) is 2. The third-order valence-corrected chi connectivity index (χ3v) is 2.49. The van der Waals surface area contributed by atoms with Gasteiger partial charge in [-0.15, -0.1) is 12.6 Å². The molecular formula is C11H16OS. The maximum absolute atomic E-state index is 9.52. The van der Waals surface area contributed by atoms with Crippen molar-refractivity contribution in [1.29, 1.82) is 0 Å². The van der Waals surface area contributed by atoms with Gasteiger partial charge in [0.05, 0.1) is 0 Å². The smallest absolute Gasteiger partial charge is 0.131 e. The predicted octanol–water partition coefficient (Wildman–Crippen LogP) is 3.29. The number of phenols is 1. The Hall–Kier alpha value is -0.630. The molecule has 1 nitrogen and oxygen atoms in total. The molecule has 1 aromatic carbocycles. The first-order valence-electron chi connectivity index (χ1n) is 4.35. The van der Waals surface area contributed by atoms with Crippen LogP contribution in [0.4, 0.5) is 0 Å². The summed E-state index contributed by atoms with van der Waals surface area (Å²) in [6.07, 6.45) is 0. The number of aromatic hydroxyl groups is 1. The molecule has 0 spiro atoms. The van der Waals surface area contributed by atoms with Gasteiger partial charge in [0.1, 0.15) is 5.75 Å². The van der Waals surface area contributed by atoms with Gasteiger partial charge in [0.2, 0.25) is 0 Å².